The average molecular weight is 298 g/mol. The molecular weight excluding hydrogens is 292 g/mol. The highest BCUT2D eigenvalue weighted by Crippen LogP contribution is 2.24. The standard InChI is InChI=1S/C14H6N2O4S/c15-7-8-5-6-21-11(8)14(19)20-16-12(17)9-3-1-2-4-10(9)13(16)18/h1-6H. The number of carbonyl (C=O) groups is 3. The summed E-state index contributed by atoms with van der Waals surface area (Å²) in [5.41, 5.74) is 0.505. The number of hydrogen-bond acceptors (Lipinski definition) is 6. The van der Waals surface area contributed by atoms with E-state index in [4.69, 9.17) is 10.1 Å². The van der Waals surface area contributed by atoms with Gasteiger partial charge in [-0.05, 0) is 23.6 Å². The van der Waals surface area contributed by atoms with Crippen LogP contribution in [-0.2, 0) is 4.84 Å². The van der Waals surface area contributed by atoms with Crippen LogP contribution in [0.1, 0.15) is 36.0 Å². The predicted octanol–water partition coefficient (Wildman–Crippen LogP) is 1.99. The summed E-state index contributed by atoms with van der Waals surface area (Å²) in [5, 5.41) is 10.8. The normalized spacial score (nSPS) is 13.0. The number of imide groups is 1. The van der Waals surface area contributed by atoms with E-state index in [1.54, 1.807) is 17.5 Å². The van der Waals surface area contributed by atoms with Gasteiger partial charge in [0.1, 0.15) is 10.9 Å². The summed E-state index contributed by atoms with van der Waals surface area (Å²) in [5.74, 6) is -2.30. The first kappa shape index (κ1) is 13.0. The molecule has 0 radical (unpaired) electrons. The van der Waals surface area contributed by atoms with Gasteiger partial charge in [-0.15, -0.1) is 11.3 Å². The van der Waals surface area contributed by atoms with E-state index < -0.39 is 17.8 Å². The Morgan fingerprint density at radius 2 is 1.76 bits per heavy atom. The molecule has 0 bridgehead atoms. The van der Waals surface area contributed by atoms with Crippen molar-refractivity contribution in [3.05, 3.63) is 57.3 Å². The SMILES string of the molecule is N#Cc1ccsc1C(=O)ON1C(=O)c2ccccc2C1=O. The number of benzene rings is 1. The van der Waals surface area contributed by atoms with E-state index in [0.29, 0.717) is 5.06 Å². The minimum atomic E-state index is -0.906. The number of carbonyl (C=O) groups excluding carboxylic acids is 3. The van der Waals surface area contributed by atoms with Crippen LogP contribution in [0, 0.1) is 11.3 Å². The van der Waals surface area contributed by atoms with Crippen molar-refractivity contribution in [3.63, 3.8) is 0 Å². The topological polar surface area (TPSA) is 87.5 Å². The third-order valence-electron chi connectivity index (χ3n) is 2.90. The van der Waals surface area contributed by atoms with Crippen LogP contribution < -0.4 is 0 Å². The molecule has 0 unspecified atom stereocenters. The second-order valence-electron chi connectivity index (χ2n) is 4.10. The highest BCUT2D eigenvalue weighted by Gasteiger charge is 2.39. The quantitative estimate of drug-likeness (QED) is 0.791. The lowest BCUT2D eigenvalue weighted by atomic mass is 10.1. The molecule has 1 aromatic heterocycles. The average Bonchev–Trinajstić information content (AvgIpc) is 3.07. The number of nitriles is 1. The van der Waals surface area contributed by atoms with Crippen molar-refractivity contribution < 1.29 is 19.2 Å². The van der Waals surface area contributed by atoms with Crippen molar-refractivity contribution in [2.45, 2.75) is 0 Å². The van der Waals surface area contributed by atoms with Crippen LogP contribution in [0.25, 0.3) is 0 Å². The largest absolute Gasteiger partial charge is 0.375 e. The van der Waals surface area contributed by atoms with Crippen molar-refractivity contribution in [1.29, 1.82) is 5.26 Å². The van der Waals surface area contributed by atoms with E-state index in [0.717, 1.165) is 11.3 Å². The number of rotatable bonds is 2. The summed E-state index contributed by atoms with van der Waals surface area (Å²) < 4.78 is 0. The van der Waals surface area contributed by atoms with Gasteiger partial charge in [-0.2, -0.15) is 5.26 Å². The molecule has 0 spiro atoms. The Morgan fingerprint density at radius 3 is 2.33 bits per heavy atom. The number of amides is 2. The molecule has 1 aliphatic rings. The van der Waals surface area contributed by atoms with Crippen molar-refractivity contribution in [3.8, 4) is 6.07 Å². The molecule has 0 aliphatic carbocycles. The molecule has 102 valence electrons. The number of thiophene rings is 1. The van der Waals surface area contributed by atoms with Crippen molar-refractivity contribution in [2.24, 2.45) is 0 Å². The monoisotopic (exact) mass is 298 g/mol. The molecule has 2 aromatic rings. The molecule has 1 aliphatic heterocycles. The molecule has 1 aromatic carbocycles. The summed E-state index contributed by atoms with van der Waals surface area (Å²) >= 11 is 1.01. The number of hydrogen-bond donors (Lipinski definition) is 0. The molecule has 7 heteroatoms. The molecule has 6 nitrogen and oxygen atoms in total. The third-order valence-corrected chi connectivity index (χ3v) is 3.80. The Labute approximate surface area is 122 Å². The van der Waals surface area contributed by atoms with Gasteiger partial charge in [0, 0.05) is 0 Å². The van der Waals surface area contributed by atoms with E-state index in [1.165, 1.54) is 18.2 Å². The lowest BCUT2D eigenvalue weighted by Crippen LogP contribution is -2.32. The van der Waals surface area contributed by atoms with Crippen molar-refractivity contribution in [2.75, 3.05) is 0 Å². The first-order valence-corrected chi connectivity index (χ1v) is 6.69. The second kappa shape index (κ2) is 4.85. The number of hydroxylamine groups is 2. The summed E-state index contributed by atoms with van der Waals surface area (Å²) in [6.07, 6.45) is 0. The molecule has 3 rings (SSSR count). The Hall–Kier alpha value is -2.98. The highest BCUT2D eigenvalue weighted by atomic mass is 32.1. The molecule has 0 fully saturated rings. The molecule has 0 saturated carbocycles. The van der Waals surface area contributed by atoms with Gasteiger partial charge in [0.25, 0.3) is 11.8 Å². The number of fused-ring (bicyclic) bond motifs is 1. The van der Waals surface area contributed by atoms with E-state index in [-0.39, 0.29) is 21.6 Å². The van der Waals surface area contributed by atoms with Crippen LogP contribution in [-0.4, -0.2) is 22.8 Å². The molecule has 0 atom stereocenters. The highest BCUT2D eigenvalue weighted by molar-refractivity contribution is 7.12. The van der Waals surface area contributed by atoms with Gasteiger partial charge in [0.15, 0.2) is 0 Å². The van der Waals surface area contributed by atoms with Gasteiger partial charge in [0.2, 0.25) is 0 Å². The Morgan fingerprint density at radius 1 is 1.14 bits per heavy atom. The van der Waals surface area contributed by atoms with E-state index in [1.807, 2.05) is 6.07 Å². The fourth-order valence-corrected chi connectivity index (χ4v) is 2.64. The molecule has 2 heterocycles. The fourth-order valence-electron chi connectivity index (χ4n) is 1.93. The van der Waals surface area contributed by atoms with Gasteiger partial charge in [-0.25, -0.2) is 4.79 Å². The Kier molecular flexibility index (Phi) is 3.01. The molecule has 2 amide bonds. The van der Waals surface area contributed by atoms with Gasteiger partial charge in [0.05, 0.1) is 16.7 Å². The van der Waals surface area contributed by atoms with Gasteiger partial charge >= 0.3 is 5.97 Å². The first-order chi connectivity index (χ1) is 10.1. The Bertz CT molecular complexity index is 783. The zero-order chi connectivity index (χ0) is 15.0. The second-order valence-corrected chi connectivity index (χ2v) is 5.02. The molecular formula is C14H6N2O4S. The molecule has 0 saturated heterocycles. The predicted molar refractivity (Wildman–Crippen MR) is 71.4 cm³/mol. The summed E-state index contributed by atoms with van der Waals surface area (Å²) in [6.45, 7) is 0. The van der Waals surface area contributed by atoms with Gasteiger partial charge < -0.3 is 4.84 Å². The fraction of sp³-hybridized carbons (Fsp3) is 0. The van der Waals surface area contributed by atoms with Crippen molar-refractivity contribution >= 4 is 29.1 Å². The minimum Gasteiger partial charge on any atom is -0.323 e. The first-order valence-electron chi connectivity index (χ1n) is 5.81. The van der Waals surface area contributed by atoms with Crippen LogP contribution in [0.4, 0.5) is 0 Å². The van der Waals surface area contributed by atoms with Crippen LogP contribution >= 0.6 is 11.3 Å². The minimum absolute atomic E-state index is 0.0501. The smallest absolute Gasteiger partial charge is 0.323 e. The summed E-state index contributed by atoms with van der Waals surface area (Å²) in [4.78, 5) is 41.0. The van der Waals surface area contributed by atoms with Crippen LogP contribution in [0.5, 0.6) is 0 Å². The summed E-state index contributed by atoms with van der Waals surface area (Å²) in [7, 11) is 0. The lowest BCUT2D eigenvalue weighted by molar-refractivity contribution is -0.0581. The van der Waals surface area contributed by atoms with Gasteiger partial charge in [-0.1, -0.05) is 17.2 Å². The van der Waals surface area contributed by atoms with E-state index >= 15 is 0 Å². The zero-order valence-corrected chi connectivity index (χ0v) is 11.2. The van der Waals surface area contributed by atoms with Crippen LogP contribution in [0.2, 0.25) is 0 Å². The maximum Gasteiger partial charge on any atom is 0.375 e. The van der Waals surface area contributed by atoms with Crippen LogP contribution in [0.3, 0.4) is 0 Å². The lowest BCUT2D eigenvalue weighted by Gasteiger charge is -2.11. The maximum absolute atomic E-state index is 12.0. The van der Waals surface area contributed by atoms with Gasteiger partial charge in [-0.3, -0.25) is 9.59 Å². The molecule has 0 N–H and O–H groups in total. The third kappa shape index (κ3) is 1.98. The van der Waals surface area contributed by atoms with E-state index in [9.17, 15) is 14.4 Å². The summed E-state index contributed by atoms with van der Waals surface area (Å²) in [6, 6.07) is 9.49. The Balaban J connectivity index is 1.88. The zero-order valence-electron chi connectivity index (χ0n) is 10.4. The van der Waals surface area contributed by atoms with Crippen LogP contribution in [0.15, 0.2) is 35.7 Å². The maximum atomic E-state index is 12.0. The number of nitrogens with zero attached hydrogens (tertiary/aromatic N) is 2. The van der Waals surface area contributed by atoms with Crippen molar-refractivity contribution in [1.82, 2.24) is 5.06 Å². The molecule has 21 heavy (non-hydrogen) atoms. The van der Waals surface area contributed by atoms with E-state index in [2.05, 4.69) is 0 Å².